The van der Waals surface area contributed by atoms with Crippen molar-refractivity contribution in [3.05, 3.63) is 76.4 Å². The summed E-state index contributed by atoms with van der Waals surface area (Å²) in [6.45, 7) is 7.73. The lowest BCUT2D eigenvalue weighted by Crippen LogP contribution is -2.39. The topological polar surface area (TPSA) is 75.6 Å². The van der Waals surface area contributed by atoms with Crippen molar-refractivity contribution in [1.82, 2.24) is 20.1 Å². The van der Waals surface area contributed by atoms with E-state index < -0.39 is 6.04 Å². The summed E-state index contributed by atoms with van der Waals surface area (Å²) in [7, 11) is 0. The van der Waals surface area contributed by atoms with Gasteiger partial charge in [0.1, 0.15) is 5.00 Å². The van der Waals surface area contributed by atoms with Crippen LogP contribution >= 0.6 is 11.3 Å². The SMILES string of the molecule is CCOC(=O)CC(NC(=O)NCc1c(-n2cccc2)sc2c1CCN(CC)C2)c1ccccc1. The van der Waals surface area contributed by atoms with Crippen LogP contribution in [0.1, 0.15) is 47.9 Å². The van der Waals surface area contributed by atoms with Crippen molar-refractivity contribution >= 4 is 23.3 Å². The third-order valence-corrected chi connectivity index (χ3v) is 7.39. The van der Waals surface area contributed by atoms with Gasteiger partial charge < -0.3 is 19.9 Å². The lowest BCUT2D eigenvalue weighted by Gasteiger charge is -2.25. The second-order valence-corrected chi connectivity index (χ2v) is 9.38. The first-order valence-electron chi connectivity index (χ1n) is 11.8. The highest BCUT2D eigenvalue weighted by Crippen LogP contribution is 2.35. The molecule has 2 N–H and O–H groups in total. The lowest BCUT2D eigenvalue weighted by molar-refractivity contribution is -0.143. The van der Waals surface area contributed by atoms with Gasteiger partial charge in [0.05, 0.1) is 19.1 Å². The number of rotatable bonds is 9. The van der Waals surface area contributed by atoms with E-state index in [-0.39, 0.29) is 18.4 Å². The number of fused-ring (bicyclic) bond motifs is 1. The largest absolute Gasteiger partial charge is 0.466 e. The van der Waals surface area contributed by atoms with Crippen molar-refractivity contribution in [2.45, 2.75) is 45.8 Å². The van der Waals surface area contributed by atoms with Gasteiger partial charge >= 0.3 is 12.0 Å². The highest BCUT2D eigenvalue weighted by molar-refractivity contribution is 7.14. The average molecular weight is 481 g/mol. The Balaban J connectivity index is 1.49. The summed E-state index contributed by atoms with van der Waals surface area (Å²) >= 11 is 1.80. The number of thiophene rings is 1. The Kier molecular flexibility index (Phi) is 8.03. The van der Waals surface area contributed by atoms with Crippen LogP contribution < -0.4 is 10.6 Å². The predicted octanol–water partition coefficient (Wildman–Crippen LogP) is 4.41. The predicted molar refractivity (Wildman–Crippen MR) is 134 cm³/mol. The van der Waals surface area contributed by atoms with Crippen LogP contribution in [0, 0.1) is 0 Å². The molecule has 1 atom stereocenters. The Hall–Kier alpha value is -3.10. The maximum Gasteiger partial charge on any atom is 0.315 e. The van der Waals surface area contributed by atoms with Gasteiger partial charge in [0.25, 0.3) is 0 Å². The van der Waals surface area contributed by atoms with Gasteiger partial charge in [-0.05, 0) is 43.1 Å². The van der Waals surface area contributed by atoms with E-state index in [2.05, 4.69) is 27.0 Å². The first-order valence-corrected chi connectivity index (χ1v) is 12.6. The zero-order valence-corrected chi connectivity index (χ0v) is 20.6. The number of esters is 1. The van der Waals surface area contributed by atoms with E-state index in [0.29, 0.717) is 13.2 Å². The summed E-state index contributed by atoms with van der Waals surface area (Å²) in [4.78, 5) is 28.9. The summed E-state index contributed by atoms with van der Waals surface area (Å²) in [5.41, 5.74) is 3.39. The summed E-state index contributed by atoms with van der Waals surface area (Å²) in [6, 6.07) is 12.8. The number of hydrogen-bond acceptors (Lipinski definition) is 5. The van der Waals surface area contributed by atoms with Crippen LogP contribution in [0.4, 0.5) is 4.79 Å². The van der Waals surface area contributed by atoms with Crippen molar-refractivity contribution in [3.8, 4) is 5.00 Å². The third-order valence-electron chi connectivity index (χ3n) is 6.12. The van der Waals surface area contributed by atoms with E-state index in [1.165, 1.54) is 16.0 Å². The highest BCUT2D eigenvalue weighted by Gasteiger charge is 2.25. The molecule has 4 rings (SSSR count). The van der Waals surface area contributed by atoms with Gasteiger partial charge in [0, 0.05) is 42.5 Å². The maximum atomic E-state index is 12.9. The van der Waals surface area contributed by atoms with Gasteiger partial charge in [-0.2, -0.15) is 0 Å². The molecule has 0 radical (unpaired) electrons. The molecule has 1 unspecified atom stereocenters. The number of carbonyl (C=O) groups excluding carboxylic acids is 2. The number of ether oxygens (including phenoxy) is 1. The molecule has 7 nitrogen and oxygen atoms in total. The zero-order chi connectivity index (χ0) is 23.9. The number of hydrogen-bond donors (Lipinski definition) is 2. The number of nitrogens with zero attached hydrogens (tertiary/aromatic N) is 2. The van der Waals surface area contributed by atoms with Crippen LogP contribution in [-0.2, 0) is 29.0 Å². The Bertz CT molecular complexity index is 1090. The van der Waals surface area contributed by atoms with Gasteiger partial charge in [-0.1, -0.05) is 37.3 Å². The van der Waals surface area contributed by atoms with Crippen molar-refractivity contribution in [2.24, 2.45) is 0 Å². The molecule has 1 aromatic carbocycles. The molecule has 3 heterocycles. The summed E-state index contributed by atoms with van der Waals surface area (Å²) in [5, 5.41) is 7.17. The first-order chi connectivity index (χ1) is 16.6. The van der Waals surface area contributed by atoms with Crippen molar-refractivity contribution in [2.75, 3.05) is 19.7 Å². The molecule has 180 valence electrons. The minimum Gasteiger partial charge on any atom is -0.466 e. The van der Waals surface area contributed by atoms with Crippen LogP contribution in [0.25, 0.3) is 5.00 Å². The Labute approximate surface area is 204 Å². The number of likely N-dealkylation sites (N-methyl/N-ethyl adjacent to an activating group) is 1. The fourth-order valence-electron chi connectivity index (χ4n) is 4.34. The fraction of sp³-hybridized carbons (Fsp3) is 0.385. The molecule has 1 aliphatic heterocycles. The van der Waals surface area contributed by atoms with Crippen LogP contribution in [0.3, 0.4) is 0 Å². The van der Waals surface area contributed by atoms with Gasteiger partial charge in [-0.15, -0.1) is 11.3 Å². The Morgan fingerprint density at radius 1 is 1.12 bits per heavy atom. The maximum absolute atomic E-state index is 12.9. The van der Waals surface area contributed by atoms with Crippen LogP contribution in [0.2, 0.25) is 0 Å². The normalized spacial score (nSPS) is 14.3. The molecule has 2 aromatic heterocycles. The van der Waals surface area contributed by atoms with Gasteiger partial charge in [0.15, 0.2) is 0 Å². The van der Waals surface area contributed by atoms with Crippen LogP contribution in [0.5, 0.6) is 0 Å². The molecule has 0 saturated carbocycles. The monoisotopic (exact) mass is 480 g/mol. The van der Waals surface area contributed by atoms with E-state index in [9.17, 15) is 9.59 Å². The molecule has 0 saturated heterocycles. The molecule has 0 bridgehead atoms. The van der Waals surface area contributed by atoms with Crippen LogP contribution in [-0.4, -0.2) is 41.2 Å². The Morgan fingerprint density at radius 2 is 1.88 bits per heavy atom. The molecule has 1 aliphatic rings. The number of benzene rings is 1. The molecule has 2 amide bonds. The Morgan fingerprint density at radius 3 is 2.59 bits per heavy atom. The van der Waals surface area contributed by atoms with Crippen LogP contribution in [0.15, 0.2) is 54.9 Å². The quantitative estimate of drug-likeness (QED) is 0.445. The minimum atomic E-state index is -0.460. The molecule has 3 aromatic rings. The van der Waals surface area contributed by atoms with Gasteiger partial charge in [0.2, 0.25) is 0 Å². The zero-order valence-electron chi connectivity index (χ0n) is 19.8. The smallest absolute Gasteiger partial charge is 0.315 e. The molecule has 0 aliphatic carbocycles. The van der Waals surface area contributed by atoms with Gasteiger partial charge in [-0.3, -0.25) is 9.69 Å². The molecule has 34 heavy (non-hydrogen) atoms. The van der Waals surface area contributed by atoms with E-state index in [1.807, 2.05) is 54.9 Å². The van der Waals surface area contributed by atoms with Crippen molar-refractivity contribution in [3.63, 3.8) is 0 Å². The van der Waals surface area contributed by atoms with Gasteiger partial charge in [-0.25, -0.2) is 4.79 Å². The van der Waals surface area contributed by atoms with E-state index >= 15 is 0 Å². The third kappa shape index (κ3) is 5.69. The molecule has 0 fully saturated rings. The molecular formula is C26H32N4O3S. The van der Waals surface area contributed by atoms with E-state index in [0.717, 1.165) is 36.6 Å². The number of urea groups is 1. The number of aromatic nitrogens is 1. The molecule has 0 spiro atoms. The standard InChI is InChI=1S/C26H32N4O3S/c1-3-29-15-12-20-21(25(34-23(20)18-29)30-13-8-9-14-30)17-27-26(32)28-22(16-24(31)33-4-2)19-10-6-5-7-11-19/h5-11,13-14,22H,3-4,12,15-18H2,1-2H3,(H2,27,28,32). The minimum absolute atomic E-state index is 0.0839. The summed E-state index contributed by atoms with van der Waals surface area (Å²) in [5.74, 6) is -0.334. The second kappa shape index (κ2) is 11.4. The first kappa shape index (κ1) is 24.0. The summed E-state index contributed by atoms with van der Waals surface area (Å²) < 4.78 is 7.24. The van der Waals surface area contributed by atoms with E-state index in [4.69, 9.17) is 4.74 Å². The number of carbonyl (C=O) groups is 2. The number of nitrogens with one attached hydrogen (secondary N) is 2. The van der Waals surface area contributed by atoms with Crippen molar-refractivity contribution in [1.29, 1.82) is 0 Å². The highest BCUT2D eigenvalue weighted by atomic mass is 32.1. The number of amides is 2. The lowest BCUT2D eigenvalue weighted by atomic mass is 10.0. The van der Waals surface area contributed by atoms with E-state index in [1.54, 1.807) is 18.3 Å². The molecular weight excluding hydrogens is 448 g/mol. The second-order valence-electron chi connectivity index (χ2n) is 8.30. The summed E-state index contributed by atoms with van der Waals surface area (Å²) in [6.07, 6.45) is 5.15. The van der Waals surface area contributed by atoms with Crippen molar-refractivity contribution < 1.29 is 14.3 Å². The molecule has 8 heteroatoms. The fourth-order valence-corrected chi connectivity index (χ4v) is 5.71. The average Bonchev–Trinajstić information content (AvgIpc) is 3.50.